The molecule has 0 amide bonds. The Labute approximate surface area is 126 Å². The zero-order valence-electron chi connectivity index (χ0n) is 11.7. The minimum absolute atomic E-state index is 0.0519. The molecule has 1 aliphatic carbocycles. The first-order valence-electron chi connectivity index (χ1n) is 6.84. The third-order valence-electron chi connectivity index (χ3n) is 3.79. The monoisotopic (exact) mass is 314 g/mol. The van der Waals surface area contributed by atoms with Crippen LogP contribution in [0.25, 0.3) is 0 Å². The number of hydrogen-bond donors (Lipinski definition) is 1. The van der Waals surface area contributed by atoms with Crippen molar-refractivity contribution in [1.29, 1.82) is 5.26 Å². The molecule has 1 N–H and O–H groups in total. The van der Waals surface area contributed by atoms with Gasteiger partial charge in [0.1, 0.15) is 6.07 Å². The van der Waals surface area contributed by atoms with Gasteiger partial charge in [-0.1, -0.05) is 6.42 Å². The van der Waals surface area contributed by atoms with Gasteiger partial charge >= 0.3 is 6.18 Å². The van der Waals surface area contributed by atoms with Crippen LogP contribution in [-0.2, 0) is 6.18 Å². The summed E-state index contributed by atoms with van der Waals surface area (Å²) in [7, 11) is 0. The molecule has 1 aliphatic rings. The second kappa shape index (κ2) is 6.61. The van der Waals surface area contributed by atoms with Crippen molar-refractivity contribution in [3.8, 4) is 6.07 Å². The molecular formula is C15H17F3N2S. The van der Waals surface area contributed by atoms with Gasteiger partial charge in [0.05, 0.1) is 16.8 Å². The Morgan fingerprint density at radius 1 is 1.33 bits per heavy atom. The molecule has 0 aliphatic heterocycles. The van der Waals surface area contributed by atoms with Crippen LogP contribution < -0.4 is 5.32 Å². The maximum atomic E-state index is 12.7. The largest absolute Gasteiger partial charge is 0.416 e. The van der Waals surface area contributed by atoms with Gasteiger partial charge in [0.15, 0.2) is 0 Å². The summed E-state index contributed by atoms with van der Waals surface area (Å²) in [5.41, 5.74) is -0.233. The van der Waals surface area contributed by atoms with Crippen LogP contribution in [0.1, 0.15) is 36.8 Å². The number of nitrogens with zero attached hydrogens (tertiary/aromatic N) is 1. The first-order valence-corrected chi connectivity index (χ1v) is 8.13. The number of rotatable bonds is 3. The molecule has 1 aromatic carbocycles. The average Bonchev–Trinajstić information content (AvgIpc) is 2.46. The molecule has 1 fully saturated rings. The molecule has 114 valence electrons. The molecule has 0 saturated heterocycles. The predicted octanol–water partition coefficient (Wildman–Crippen LogP) is 4.66. The Hall–Kier alpha value is -1.35. The summed E-state index contributed by atoms with van der Waals surface area (Å²) in [5.74, 6) is 0. The summed E-state index contributed by atoms with van der Waals surface area (Å²) >= 11 is 1.82. The molecule has 6 heteroatoms. The molecule has 0 bridgehead atoms. The first kappa shape index (κ1) is 16.0. The average molecular weight is 314 g/mol. The number of hydrogen-bond acceptors (Lipinski definition) is 3. The molecule has 21 heavy (non-hydrogen) atoms. The fourth-order valence-corrected chi connectivity index (χ4v) is 3.48. The summed E-state index contributed by atoms with van der Waals surface area (Å²) in [6, 6.07) is 5.38. The second-order valence-electron chi connectivity index (χ2n) is 5.24. The van der Waals surface area contributed by atoms with Gasteiger partial charge in [0, 0.05) is 11.3 Å². The van der Waals surface area contributed by atoms with E-state index in [1.54, 1.807) is 0 Å². The van der Waals surface area contributed by atoms with Crippen LogP contribution in [0.4, 0.5) is 18.9 Å². The highest BCUT2D eigenvalue weighted by Crippen LogP contribution is 2.33. The van der Waals surface area contributed by atoms with Crippen LogP contribution in [0.2, 0.25) is 0 Å². The van der Waals surface area contributed by atoms with Gasteiger partial charge in [-0.3, -0.25) is 0 Å². The third kappa shape index (κ3) is 4.07. The van der Waals surface area contributed by atoms with Gasteiger partial charge in [0.25, 0.3) is 0 Å². The minimum atomic E-state index is -4.42. The zero-order valence-corrected chi connectivity index (χ0v) is 12.5. The van der Waals surface area contributed by atoms with Gasteiger partial charge in [0.2, 0.25) is 0 Å². The van der Waals surface area contributed by atoms with Crippen LogP contribution in [0, 0.1) is 11.3 Å². The van der Waals surface area contributed by atoms with Crippen LogP contribution in [-0.4, -0.2) is 17.5 Å². The minimum Gasteiger partial charge on any atom is -0.381 e. The van der Waals surface area contributed by atoms with E-state index in [1.165, 1.54) is 12.5 Å². The van der Waals surface area contributed by atoms with Crippen molar-refractivity contribution < 1.29 is 13.2 Å². The van der Waals surface area contributed by atoms with Crippen molar-refractivity contribution in [2.24, 2.45) is 0 Å². The summed E-state index contributed by atoms with van der Waals surface area (Å²) in [6.45, 7) is 0. The van der Waals surface area contributed by atoms with E-state index in [0.29, 0.717) is 10.9 Å². The maximum Gasteiger partial charge on any atom is 0.416 e. The van der Waals surface area contributed by atoms with Crippen LogP contribution in [0.5, 0.6) is 0 Å². The lowest BCUT2D eigenvalue weighted by Crippen LogP contribution is -2.28. The molecule has 2 unspecified atom stereocenters. The lowest BCUT2D eigenvalue weighted by molar-refractivity contribution is -0.137. The Morgan fingerprint density at radius 2 is 2.10 bits per heavy atom. The molecule has 1 aromatic rings. The van der Waals surface area contributed by atoms with Gasteiger partial charge in [-0.15, -0.1) is 0 Å². The molecule has 2 rings (SSSR count). The van der Waals surface area contributed by atoms with Crippen molar-refractivity contribution in [2.75, 3.05) is 11.6 Å². The maximum absolute atomic E-state index is 12.7. The highest BCUT2D eigenvalue weighted by atomic mass is 32.2. The Balaban J connectivity index is 2.15. The summed E-state index contributed by atoms with van der Waals surface area (Å²) in [6.07, 6.45) is 1.91. The van der Waals surface area contributed by atoms with E-state index in [0.717, 1.165) is 31.4 Å². The molecule has 0 radical (unpaired) electrons. The highest BCUT2D eigenvalue weighted by molar-refractivity contribution is 7.99. The molecule has 2 atom stereocenters. The van der Waals surface area contributed by atoms with Gasteiger partial charge < -0.3 is 5.32 Å². The SMILES string of the molecule is CSC1CCCC(Nc2ccc(C(F)(F)F)cc2C#N)C1. The van der Waals surface area contributed by atoms with E-state index in [4.69, 9.17) is 5.26 Å². The van der Waals surface area contributed by atoms with Gasteiger partial charge in [-0.05, 0) is 43.7 Å². The van der Waals surface area contributed by atoms with Crippen molar-refractivity contribution in [2.45, 2.75) is 43.2 Å². The summed E-state index contributed by atoms with van der Waals surface area (Å²) in [4.78, 5) is 0. The van der Waals surface area contributed by atoms with E-state index in [9.17, 15) is 13.2 Å². The number of nitriles is 1. The second-order valence-corrected chi connectivity index (χ2v) is 6.37. The number of nitrogens with one attached hydrogen (secondary N) is 1. The smallest absolute Gasteiger partial charge is 0.381 e. The highest BCUT2D eigenvalue weighted by Gasteiger charge is 2.31. The molecule has 0 spiro atoms. The van der Waals surface area contributed by atoms with Crippen LogP contribution in [0.3, 0.4) is 0 Å². The Bertz CT molecular complexity index is 537. The molecular weight excluding hydrogens is 297 g/mol. The summed E-state index contributed by atoms with van der Waals surface area (Å²) in [5, 5.41) is 12.9. The van der Waals surface area contributed by atoms with Crippen molar-refractivity contribution in [3.63, 3.8) is 0 Å². The lowest BCUT2D eigenvalue weighted by Gasteiger charge is -2.29. The number of anilines is 1. The molecule has 1 saturated carbocycles. The van der Waals surface area contributed by atoms with Crippen molar-refractivity contribution in [1.82, 2.24) is 0 Å². The number of halogens is 3. The predicted molar refractivity (Wildman–Crippen MR) is 79.3 cm³/mol. The Kier molecular flexibility index (Phi) is 5.04. The lowest BCUT2D eigenvalue weighted by atomic mass is 9.94. The van der Waals surface area contributed by atoms with E-state index < -0.39 is 11.7 Å². The molecule has 0 heterocycles. The quantitative estimate of drug-likeness (QED) is 0.881. The number of thioether (sulfide) groups is 1. The van der Waals surface area contributed by atoms with Crippen molar-refractivity contribution in [3.05, 3.63) is 29.3 Å². The van der Waals surface area contributed by atoms with E-state index in [1.807, 2.05) is 17.8 Å². The van der Waals surface area contributed by atoms with E-state index in [2.05, 4.69) is 11.6 Å². The molecule has 0 aromatic heterocycles. The standard InChI is InChI=1S/C15H17F3N2S/c1-21-13-4-2-3-12(8-13)20-14-6-5-11(15(16,17)18)7-10(14)9-19/h5-7,12-13,20H,2-4,8H2,1H3. The number of alkyl halides is 3. The first-order chi connectivity index (χ1) is 9.94. The zero-order chi connectivity index (χ0) is 15.5. The van der Waals surface area contributed by atoms with E-state index in [-0.39, 0.29) is 11.6 Å². The number of benzene rings is 1. The van der Waals surface area contributed by atoms with Crippen LogP contribution >= 0.6 is 11.8 Å². The molecule has 2 nitrogen and oxygen atoms in total. The Morgan fingerprint density at radius 3 is 2.71 bits per heavy atom. The van der Waals surface area contributed by atoms with Crippen LogP contribution in [0.15, 0.2) is 18.2 Å². The van der Waals surface area contributed by atoms with Gasteiger partial charge in [-0.25, -0.2) is 0 Å². The fourth-order valence-electron chi connectivity index (χ4n) is 2.65. The summed E-state index contributed by atoms with van der Waals surface area (Å²) < 4.78 is 38.0. The van der Waals surface area contributed by atoms with E-state index >= 15 is 0 Å². The normalized spacial score (nSPS) is 22.6. The third-order valence-corrected chi connectivity index (χ3v) is 4.88. The van der Waals surface area contributed by atoms with Crippen molar-refractivity contribution >= 4 is 17.4 Å². The topological polar surface area (TPSA) is 35.8 Å². The fraction of sp³-hybridized carbons (Fsp3) is 0.533. The van der Waals surface area contributed by atoms with Gasteiger partial charge in [-0.2, -0.15) is 30.2 Å².